The Balaban J connectivity index is 1.58. The van der Waals surface area contributed by atoms with Gasteiger partial charge >= 0.3 is 0 Å². The molecular weight excluding hydrogens is 357 g/mol. The summed E-state index contributed by atoms with van der Waals surface area (Å²) >= 11 is 0. The lowest BCUT2D eigenvalue weighted by Crippen LogP contribution is -2.19. The first-order valence-electron chi connectivity index (χ1n) is 9.32. The van der Waals surface area contributed by atoms with Crippen LogP contribution in [0.1, 0.15) is 12.0 Å². The molecule has 4 heterocycles. The summed E-state index contributed by atoms with van der Waals surface area (Å²) in [5.41, 5.74) is 4.34. The molecule has 6 nitrogen and oxygen atoms in total. The van der Waals surface area contributed by atoms with E-state index in [9.17, 15) is 9.50 Å². The highest BCUT2D eigenvalue weighted by molar-refractivity contribution is 5.91. The lowest BCUT2D eigenvalue weighted by Gasteiger charge is -2.17. The summed E-state index contributed by atoms with van der Waals surface area (Å²) in [6.45, 7) is 2.98. The molecule has 1 aliphatic heterocycles. The molecule has 1 aromatic carbocycles. The average Bonchev–Trinajstić information content (AvgIpc) is 3.29. The van der Waals surface area contributed by atoms with Crippen LogP contribution in [-0.4, -0.2) is 44.1 Å². The third-order valence-electron chi connectivity index (χ3n) is 5.42. The Bertz CT molecular complexity index is 1220. The molecule has 0 saturated carbocycles. The van der Waals surface area contributed by atoms with Crippen molar-refractivity contribution in [3.05, 3.63) is 42.2 Å². The van der Waals surface area contributed by atoms with Gasteiger partial charge in [-0.15, -0.1) is 0 Å². The molecule has 7 heteroatoms. The summed E-state index contributed by atoms with van der Waals surface area (Å²) in [6, 6.07) is 7.72. The largest absolute Gasteiger partial charge is 0.507 e. The van der Waals surface area contributed by atoms with E-state index in [4.69, 9.17) is 0 Å². The van der Waals surface area contributed by atoms with Gasteiger partial charge in [-0.25, -0.2) is 14.4 Å². The summed E-state index contributed by atoms with van der Waals surface area (Å²) in [5.74, 6) is 0.181. The lowest BCUT2D eigenvalue weighted by molar-refractivity contribution is 0.364. The summed E-state index contributed by atoms with van der Waals surface area (Å²) < 4.78 is 15.2. The van der Waals surface area contributed by atoms with Gasteiger partial charge < -0.3 is 10.0 Å². The topological polar surface area (TPSA) is 67.1 Å². The van der Waals surface area contributed by atoms with Gasteiger partial charge in [0.25, 0.3) is 0 Å². The second-order valence-corrected chi connectivity index (χ2v) is 7.41. The fraction of sp³-hybridized carbons (Fsp3) is 0.286. The molecule has 0 amide bonds. The number of aromatic hydroxyl groups is 1. The lowest BCUT2D eigenvalue weighted by atomic mass is 10.0. The van der Waals surface area contributed by atoms with E-state index in [0.29, 0.717) is 36.4 Å². The summed E-state index contributed by atoms with van der Waals surface area (Å²) in [7, 11) is 1.86. The highest BCUT2D eigenvalue weighted by atomic mass is 19.1. The van der Waals surface area contributed by atoms with Crippen molar-refractivity contribution in [2.24, 2.45) is 7.05 Å². The Morgan fingerprint density at radius 2 is 2.07 bits per heavy atom. The van der Waals surface area contributed by atoms with Gasteiger partial charge in [0, 0.05) is 48.2 Å². The van der Waals surface area contributed by atoms with Crippen molar-refractivity contribution >= 4 is 27.6 Å². The van der Waals surface area contributed by atoms with E-state index in [1.165, 1.54) is 0 Å². The number of anilines is 1. The van der Waals surface area contributed by atoms with Crippen LogP contribution in [0.5, 0.6) is 5.75 Å². The average molecular weight is 377 g/mol. The van der Waals surface area contributed by atoms with E-state index in [1.54, 1.807) is 10.9 Å². The molecule has 0 radical (unpaired) electrons. The van der Waals surface area contributed by atoms with Crippen LogP contribution < -0.4 is 4.90 Å². The van der Waals surface area contributed by atoms with E-state index < -0.39 is 6.17 Å². The maximum absolute atomic E-state index is 13.5. The molecule has 142 valence electrons. The number of fused-ring (bicyclic) bond motifs is 2. The zero-order valence-electron chi connectivity index (χ0n) is 15.7. The number of phenols is 1. The predicted octanol–water partition coefficient (Wildman–Crippen LogP) is 3.75. The number of pyridine rings is 2. The number of aryl methyl sites for hydroxylation is 2. The predicted molar refractivity (Wildman–Crippen MR) is 107 cm³/mol. The molecule has 0 spiro atoms. The third kappa shape index (κ3) is 2.66. The van der Waals surface area contributed by atoms with Crippen molar-refractivity contribution in [3.63, 3.8) is 0 Å². The highest BCUT2D eigenvalue weighted by Crippen LogP contribution is 2.36. The van der Waals surface area contributed by atoms with E-state index in [1.807, 2.05) is 49.3 Å². The molecule has 5 rings (SSSR count). The van der Waals surface area contributed by atoms with Crippen LogP contribution in [0.4, 0.5) is 10.1 Å². The third-order valence-corrected chi connectivity index (χ3v) is 5.42. The minimum absolute atomic E-state index is 0.181. The summed E-state index contributed by atoms with van der Waals surface area (Å²) in [5, 5.41) is 16.9. The zero-order valence-corrected chi connectivity index (χ0v) is 15.7. The van der Waals surface area contributed by atoms with Crippen molar-refractivity contribution in [1.82, 2.24) is 19.7 Å². The standard InChI is InChI=1S/C21H20FN5O/c1-12-19-14(10-26(2)25-19)8-17(20(12)28)18-4-3-13-7-16(9-23-21(13)24-18)27-6-5-15(22)11-27/h3-4,7-10,15,28H,5-6,11H2,1-2H3/t15-/m0/s1. The van der Waals surface area contributed by atoms with E-state index in [0.717, 1.165) is 27.5 Å². The molecular formula is C21H20FN5O. The minimum Gasteiger partial charge on any atom is -0.507 e. The number of hydrogen-bond donors (Lipinski definition) is 1. The number of rotatable bonds is 2. The van der Waals surface area contributed by atoms with Gasteiger partial charge in [-0.1, -0.05) is 0 Å². The first-order chi connectivity index (χ1) is 13.5. The van der Waals surface area contributed by atoms with Gasteiger partial charge in [0.1, 0.15) is 11.9 Å². The molecule has 4 aromatic rings. The van der Waals surface area contributed by atoms with Crippen molar-refractivity contribution in [2.45, 2.75) is 19.5 Å². The number of nitrogens with zero attached hydrogens (tertiary/aromatic N) is 5. The maximum Gasteiger partial charge on any atom is 0.159 e. The Kier molecular flexibility index (Phi) is 3.72. The van der Waals surface area contributed by atoms with E-state index in [-0.39, 0.29) is 5.75 Å². The van der Waals surface area contributed by atoms with Crippen molar-refractivity contribution in [1.29, 1.82) is 0 Å². The Labute approximate surface area is 161 Å². The fourth-order valence-corrected chi connectivity index (χ4v) is 3.91. The van der Waals surface area contributed by atoms with Gasteiger partial charge in [-0.3, -0.25) is 4.68 Å². The van der Waals surface area contributed by atoms with Crippen molar-refractivity contribution in [3.8, 4) is 17.0 Å². The molecule has 1 saturated heterocycles. The maximum atomic E-state index is 13.5. The number of phenolic OH excluding ortho intramolecular Hbond substituents is 1. The first-order valence-corrected chi connectivity index (χ1v) is 9.32. The van der Waals surface area contributed by atoms with E-state index >= 15 is 0 Å². The van der Waals surface area contributed by atoms with Crippen LogP contribution in [0, 0.1) is 6.92 Å². The molecule has 0 bridgehead atoms. The Morgan fingerprint density at radius 3 is 2.86 bits per heavy atom. The molecule has 1 aliphatic rings. The Hall–Kier alpha value is -3.22. The molecule has 1 fully saturated rings. The van der Waals surface area contributed by atoms with Crippen molar-refractivity contribution in [2.75, 3.05) is 18.0 Å². The zero-order chi connectivity index (χ0) is 19.4. The number of benzene rings is 1. The van der Waals surface area contributed by atoms with Crippen LogP contribution in [0.15, 0.2) is 36.7 Å². The minimum atomic E-state index is -0.773. The molecule has 1 atom stereocenters. The molecule has 1 N–H and O–H groups in total. The Morgan fingerprint density at radius 1 is 1.21 bits per heavy atom. The fourth-order valence-electron chi connectivity index (χ4n) is 3.91. The number of alkyl halides is 1. The van der Waals surface area contributed by atoms with Gasteiger partial charge in [-0.05, 0) is 37.6 Å². The number of halogens is 1. The van der Waals surface area contributed by atoms with Crippen molar-refractivity contribution < 1.29 is 9.50 Å². The normalized spacial score (nSPS) is 17.1. The molecule has 0 unspecified atom stereocenters. The smallest absolute Gasteiger partial charge is 0.159 e. The van der Waals surface area contributed by atoms with Gasteiger partial charge in [0.2, 0.25) is 0 Å². The number of aromatic nitrogens is 4. The van der Waals surface area contributed by atoms with E-state index in [2.05, 4.69) is 15.1 Å². The molecule has 3 aromatic heterocycles. The van der Waals surface area contributed by atoms with Crippen LogP contribution in [0.3, 0.4) is 0 Å². The van der Waals surface area contributed by atoms with Crippen LogP contribution in [0.2, 0.25) is 0 Å². The van der Waals surface area contributed by atoms with Gasteiger partial charge in [0.05, 0.1) is 23.1 Å². The van der Waals surface area contributed by atoms with Gasteiger partial charge in [0.15, 0.2) is 5.65 Å². The quantitative estimate of drug-likeness (QED) is 0.576. The molecule has 28 heavy (non-hydrogen) atoms. The van der Waals surface area contributed by atoms with Crippen LogP contribution in [-0.2, 0) is 7.05 Å². The number of hydrogen-bond acceptors (Lipinski definition) is 5. The summed E-state index contributed by atoms with van der Waals surface area (Å²) in [6.07, 6.45) is 3.45. The van der Waals surface area contributed by atoms with Crippen LogP contribution in [0.25, 0.3) is 33.2 Å². The van der Waals surface area contributed by atoms with Crippen LogP contribution >= 0.6 is 0 Å². The second-order valence-electron chi connectivity index (χ2n) is 7.41. The monoisotopic (exact) mass is 377 g/mol. The second kappa shape index (κ2) is 6.15. The van der Waals surface area contributed by atoms with Gasteiger partial charge in [-0.2, -0.15) is 5.10 Å². The first kappa shape index (κ1) is 16.9. The molecule has 0 aliphatic carbocycles. The SMILES string of the molecule is Cc1c(O)c(-c2ccc3cc(N4CC[C@H](F)C4)cnc3n2)cc2cn(C)nc12. The summed E-state index contributed by atoms with van der Waals surface area (Å²) in [4.78, 5) is 11.1. The highest BCUT2D eigenvalue weighted by Gasteiger charge is 2.22.